The molecule has 2 aromatic carbocycles. The first-order valence-electron chi connectivity index (χ1n) is 16.3. The lowest BCUT2D eigenvalue weighted by atomic mass is 9.91. The number of carbonyl (C=O) groups excluding carboxylic acids is 3. The molecule has 2 saturated heterocycles. The zero-order valence-corrected chi connectivity index (χ0v) is 27.2. The molecule has 1 atom stereocenters. The lowest BCUT2D eigenvalue weighted by Gasteiger charge is -2.39. The lowest BCUT2D eigenvalue weighted by Crippen LogP contribution is -2.50. The van der Waals surface area contributed by atoms with Crippen molar-refractivity contribution in [2.24, 2.45) is 5.92 Å². The summed E-state index contributed by atoms with van der Waals surface area (Å²) in [6, 6.07) is 9.97. The number of imidazole rings is 1. The zero-order valence-electron chi connectivity index (χ0n) is 26.5. The molecule has 4 heterocycles. The van der Waals surface area contributed by atoms with Crippen LogP contribution in [0, 0.1) is 5.92 Å². The Morgan fingerprint density at radius 1 is 1.00 bits per heavy atom. The van der Waals surface area contributed by atoms with Gasteiger partial charge < -0.3 is 30.3 Å². The highest BCUT2D eigenvalue weighted by molar-refractivity contribution is 6.33. The second-order valence-corrected chi connectivity index (χ2v) is 13.3. The number of halogens is 4. The highest BCUT2D eigenvalue weighted by Crippen LogP contribution is 2.39. The van der Waals surface area contributed by atoms with Crippen LogP contribution < -0.4 is 11.1 Å². The van der Waals surface area contributed by atoms with Gasteiger partial charge in [0.2, 0.25) is 11.8 Å². The number of nitrogens with two attached hydrogens (primary N) is 1. The van der Waals surface area contributed by atoms with Gasteiger partial charge in [-0.1, -0.05) is 29.8 Å². The van der Waals surface area contributed by atoms with Crippen molar-refractivity contribution >= 4 is 40.8 Å². The van der Waals surface area contributed by atoms with Gasteiger partial charge in [0.1, 0.15) is 0 Å². The van der Waals surface area contributed by atoms with Crippen LogP contribution in [0.5, 0.6) is 0 Å². The van der Waals surface area contributed by atoms with Gasteiger partial charge in [-0.25, -0.2) is 9.78 Å². The SMILES string of the molecule is Nc1c(Cl)cc(C[C@@H](CC(=O)N2CCC(N3CCc4ccccc4NC3=O)CC2)C(=O)N2CCC(n3ccnc3)CC2)cc1C(F)(F)F. The molecule has 256 valence electrons. The number of aromatic nitrogens is 2. The van der Waals surface area contributed by atoms with Crippen LogP contribution in [0.25, 0.3) is 0 Å². The van der Waals surface area contributed by atoms with Crippen molar-refractivity contribution in [1.82, 2.24) is 24.3 Å². The van der Waals surface area contributed by atoms with Gasteiger partial charge in [0.25, 0.3) is 0 Å². The number of hydrogen-bond donors (Lipinski definition) is 2. The Morgan fingerprint density at radius 3 is 2.38 bits per heavy atom. The number of para-hydroxylation sites is 1. The van der Waals surface area contributed by atoms with E-state index < -0.39 is 23.3 Å². The van der Waals surface area contributed by atoms with Crippen LogP contribution in [0.4, 0.5) is 29.3 Å². The topological polar surface area (TPSA) is 117 Å². The average Bonchev–Trinajstić information content (AvgIpc) is 3.56. The number of amides is 4. The smallest absolute Gasteiger partial charge is 0.397 e. The molecule has 0 unspecified atom stereocenters. The van der Waals surface area contributed by atoms with Gasteiger partial charge in [-0.2, -0.15) is 13.2 Å². The summed E-state index contributed by atoms with van der Waals surface area (Å²) in [5, 5.41) is 2.75. The molecular formula is C34H39ClF3N7O3. The quantitative estimate of drug-likeness (QED) is 0.313. The van der Waals surface area contributed by atoms with Crippen LogP contribution in [0.15, 0.2) is 55.1 Å². The Balaban J connectivity index is 1.13. The lowest BCUT2D eigenvalue weighted by molar-refractivity contribution is -0.142. The maximum Gasteiger partial charge on any atom is 0.418 e. The molecule has 3 aliphatic rings. The predicted molar refractivity (Wildman–Crippen MR) is 175 cm³/mol. The molecular weight excluding hydrogens is 647 g/mol. The van der Waals surface area contributed by atoms with E-state index in [0.717, 1.165) is 23.7 Å². The predicted octanol–water partition coefficient (Wildman–Crippen LogP) is 5.63. The average molecular weight is 686 g/mol. The number of nitrogen functional groups attached to an aromatic ring is 1. The Hall–Kier alpha value is -4.26. The molecule has 0 radical (unpaired) electrons. The second-order valence-electron chi connectivity index (χ2n) is 12.9. The summed E-state index contributed by atoms with van der Waals surface area (Å²) in [6.07, 6.45) is 3.62. The van der Waals surface area contributed by atoms with E-state index in [2.05, 4.69) is 10.3 Å². The number of likely N-dealkylation sites (tertiary alicyclic amines) is 2. The van der Waals surface area contributed by atoms with Crippen molar-refractivity contribution in [3.05, 3.63) is 76.8 Å². The molecule has 14 heteroatoms. The Bertz CT molecular complexity index is 1640. The van der Waals surface area contributed by atoms with Crippen LogP contribution in [0.3, 0.4) is 0 Å². The minimum Gasteiger partial charge on any atom is -0.397 e. The number of nitrogens with zero attached hydrogens (tertiary/aromatic N) is 5. The molecule has 4 amide bonds. The fraction of sp³-hybridized carbons (Fsp3) is 0.471. The molecule has 1 aromatic heterocycles. The summed E-state index contributed by atoms with van der Waals surface area (Å²) in [6.45, 7) is 2.29. The van der Waals surface area contributed by atoms with Crippen LogP contribution >= 0.6 is 11.6 Å². The third-order valence-electron chi connectivity index (χ3n) is 9.87. The molecule has 0 aliphatic carbocycles. The fourth-order valence-electron chi connectivity index (χ4n) is 7.19. The molecule has 6 rings (SSSR count). The maximum absolute atomic E-state index is 14.0. The maximum atomic E-state index is 14.0. The van der Waals surface area contributed by atoms with E-state index in [-0.39, 0.29) is 53.4 Å². The first-order valence-corrected chi connectivity index (χ1v) is 16.7. The van der Waals surface area contributed by atoms with Gasteiger partial charge in [0, 0.05) is 69.3 Å². The number of rotatable bonds is 7. The first kappa shape index (κ1) is 33.6. The monoisotopic (exact) mass is 685 g/mol. The van der Waals surface area contributed by atoms with E-state index in [1.54, 1.807) is 22.3 Å². The molecule has 0 bridgehead atoms. The summed E-state index contributed by atoms with van der Waals surface area (Å²) >= 11 is 6.12. The summed E-state index contributed by atoms with van der Waals surface area (Å²) < 4.78 is 43.3. The van der Waals surface area contributed by atoms with Gasteiger partial charge in [-0.15, -0.1) is 0 Å². The van der Waals surface area contributed by atoms with Gasteiger partial charge >= 0.3 is 12.2 Å². The fourth-order valence-corrected chi connectivity index (χ4v) is 7.43. The molecule has 3 aliphatic heterocycles. The van der Waals surface area contributed by atoms with E-state index in [1.807, 2.05) is 39.9 Å². The van der Waals surface area contributed by atoms with E-state index in [4.69, 9.17) is 17.3 Å². The molecule has 2 fully saturated rings. The first-order chi connectivity index (χ1) is 23.0. The van der Waals surface area contributed by atoms with Crippen molar-refractivity contribution in [2.45, 2.75) is 63.2 Å². The molecule has 0 saturated carbocycles. The minimum atomic E-state index is -4.73. The van der Waals surface area contributed by atoms with E-state index in [1.165, 1.54) is 6.07 Å². The Morgan fingerprint density at radius 2 is 1.69 bits per heavy atom. The van der Waals surface area contributed by atoms with E-state index in [0.29, 0.717) is 58.4 Å². The van der Waals surface area contributed by atoms with Crippen molar-refractivity contribution < 1.29 is 27.6 Å². The van der Waals surface area contributed by atoms with E-state index in [9.17, 15) is 27.6 Å². The van der Waals surface area contributed by atoms with Gasteiger partial charge in [0.05, 0.1) is 28.5 Å². The minimum absolute atomic E-state index is 0.0460. The molecule has 0 spiro atoms. The van der Waals surface area contributed by atoms with Crippen LogP contribution in [0.1, 0.15) is 54.8 Å². The molecule has 10 nitrogen and oxygen atoms in total. The number of anilines is 2. The third kappa shape index (κ3) is 7.40. The number of nitrogens with one attached hydrogen (secondary N) is 1. The third-order valence-corrected chi connectivity index (χ3v) is 10.2. The van der Waals surface area contributed by atoms with Crippen LogP contribution in [-0.2, 0) is 28.6 Å². The number of hydrogen-bond acceptors (Lipinski definition) is 5. The highest BCUT2D eigenvalue weighted by atomic mass is 35.5. The molecule has 48 heavy (non-hydrogen) atoms. The van der Waals surface area contributed by atoms with Crippen LogP contribution in [0.2, 0.25) is 5.02 Å². The largest absolute Gasteiger partial charge is 0.418 e. The second kappa shape index (κ2) is 14.1. The summed E-state index contributed by atoms with van der Waals surface area (Å²) in [7, 11) is 0. The number of carbonyl (C=O) groups is 3. The summed E-state index contributed by atoms with van der Waals surface area (Å²) in [5.74, 6) is -1.41. The number of fused-ring (bicyclic) bond motifs is 1. The van der Waals surface area contributed by atoms with Crippen molar-refractivity contribution in [3.63, 3.8) is 0 Å². The molecule has 3 N–H and O–H groups in total. The highest BCUT2D eigenvalue weighted by Gasteiger charge is 2.37. The number of alkyl halides is 3. The Kier molecular flexibility index (Phi) is 9.86. The summed E-state index contributed by atoms with van der Waals surface area (Å²) in [4.78, 5) is 50.1. The van der Waals surface area contributed by atoms with Crippen molar-refractivity contribution in [1.29, 1.82) is 0 Å². The number of piperidine rings is 2. The zero-order chi connectivity index (χ0) is 34.0. The van der Waals surface area contributed by atoms with E-state index >= 15 is 0 Å². The van der Waals surface area contributed by atoms with Gasteiger partial charge in [-0.05, 0) is 67.9 Å². The van der Waals surface area contributed by atoms with Crippen LogP contribution in [-0.4, -0.2) is 80.9 Å². The standard InChI is InChI=1S/C34H39ClF3N7O3/c35-28-19-22(18-27(31(28)39)34(36,37)38)17-24(32(47)43-13-6-25(7-14-43)44-16-10-40-21-44)20-30(46)42-11-8-26(9-12-42)45-15-5-23-3-1-2-4-29(23)41-33(45)48/h1-4,10,16,18-19,21,24-26H,5-9,11-15,17,20,39H2,(H,41,48)/t24-/m0/s1. The van der Waals surface area contributed by atoms with Gasteiger partial charge in [0.15, 0.2) is 0 Å². The van der Waals surface area contributed by atoms with Crippen molar-refractivity contribution in [3.8, 4) is 0 Å². The number of benzene rings is 2. The Labute approximate surface area is 282 Å². The normalized spacial score (nSPS) is 18.7. The molecule has 3 aromatic rings. The number of urea groups is 1. The van der Waals surface area contributed by atoms with Gasteiger partial charge in [-0.3, -0.25) is 9.59 Å². The summed E-state index contributed by atoms with van der Waals surface area (Å²) in [5.41, 5.74) is 6.10. The van der Waals surface area contributed by atoms with Crippen molar-refractivity contribution in [2.75, 3.05) is 43.8 Å².